The van der Waals surface area contributed by atoms with Crippen LogP contribution in [0.2, 0.25) is 0 Å². The Morgan fingerprint density at radius 3 is 2.38 bits per heavy atom. The van der Waals surface area contributed by atoms with E-state index in [-0.39, 0.29) is 17.5 Å². The van der Waals surface area contributed by atoms with E-state index in [1.165, 1.54) is 7.11 Å². The van der Waals surface area contributed by atoms with E-state index in [0.717, 1.165) is 23.5 Å². The van der Waals surface area contributed by atoms with Gasteiger partial charge >= 0.3 is 11.9 Å². The molecule has 0 fully saturated rings. The molecule has 0 aliphatic rings. The SMILES string of the molecule is COC(=O)CSC(=S)SCC(=O)O. The predicted octanol–water partition coefficient (Wildman–Crippen LogP) is 0.995. The second-order valence-corrected chi connectivity index (χ2v) is 4.95. The minimum Gasteiger partial charge on any atom is -0.481 e. The third kappa shape index (κ3) is 8.07. The Morgan fingerprint density at radius 2 is 1.92 bits per heavy atom. The van der Waals surface area contributed by atoms with Crippen molar-refractivity contribution in [3.63, 3.8) is 0 Å². The summed E-state index contributed by atoms with van der Waals surface area (Å²) in [5.41, 5.74) is 0. The quantitative estimate of drug-likeness (QED) is 0.581. The zero-order chi connectivity index (χ0) is 10.3. The van der Waals surface area contributed by atoms with Crippen LogP contribution in [-0.2, 0) is 14.3 Å². The molecular formula is C6H8O4S3. The van der Waals surface area contributed by atoms with E-state index < -0.39 is 5.97 Å². The maximum atomic E-state index is 10.6. The van der Waals surface area contributed by atoms with Crippen molar-refractivity contribution in [2.24, 2.45) is 0 Å². The molecule has 0 unspecified atom stereocenters. The number of rotatable bonds is 4. The van der Waals surface area contributed by atoms with Crippen LogP contribution in [0.15, 0.2) is 0 Å². The molecule has 0 bridgehead atoms. The van der Waals surface area contributed by atoms with Crippen LogP contribution in [0.25, 0.3) is 0 Å². The third-order valence-electron chi connectivity index (χ3n) is 0.849. The van der Waals surface area contributed by atoms with E-state index in [2.05, 4.69) is 4.74 Å². The van der Waals surface area contributed by atoms with Crippen molar-refractivity contribution in [1.29, 1.82) is 0 Å². The van der Waals surface area contributed by atoms with Crippen LogP contribution < -0.4 is 0 Å². The average Bonchev–Trinajstić information content (AvgIpc) is 2.10. The lowest BCUT2D eigenvalue weighted by Gasteiger charge is -1.99. The number of esters is 1. The lowest BCUT2D eigenvalue weighted by atomic mass is 10.8. The summed E-state index contributed by atoms with van der Waals surface area (Å²) in [4.78, 5) is 20.7. The maximum absolute atomic E-state index is 10.6. The Kier molecular flexibility index (Phi) is 7.02. The summed E-state index contributed by atoms with van der Waals surface area (Å²) in [6, 6.07) is 0. The fourth-order valence-electron chi connectivity index (χ4n) is 0.339. The smallest absolute Gasteiger partial charge is 0.316 e. The Hall–Kier alpha value is -0.270. The van der Waals surface area contributed by atoms with Crippen molar-refractivity contribution in [3.05, 3.63) is 0 Å². The Balaban J connectivity index is 3.52. The summed E-state index contributed by atoms with van der Waals surface area (Å²) >= 11 is 6.93. The highest BCUT2D eigenvalue weighted by Gasteiger charge is 2.06. The highest BCUT2D eigenvalue weighted by Crippen LogP contribution is 2.16. The molecule has 13 heavy (non-hydrogen) atoms. The van der Waals surface area contributed by atoms with Crippen LogP contribution >= 0.6 is 35.7 Å². The molecule has 74 valence electrons. The minimum atomic E-state index is -0.925. The molecule has 0 saturated carbocycles. The van der Waals surface area contributed by atoms with Crippen LogP contribution in [0.5, 0.6) is 0 Å². The largest absolute Gasteiger partial charge is 0.481 e. The molecule has 0 aromatic heterocycles. The van der Waals surface area contributed by atoms with Crippen molar-refractivity contribution in [1.82, 2.24) is 0 Å². The maximum Gasteiger partial charge on any atom is 0.316 e. The molecule has 7 heteroatoms. The first-order valence-corrected chi connectivity index (χ1v) is 5.52. The molecule has 0 aliphatic heterocycles. The fourth-order valence-corrected chi connectivity index (χ4v) is 1.97. The van der Waals surface area contributed by atoms with Crippen LogP contribution in [0.3, 0.4) is 0 Å². The number of thiocarbonyl (C=S) groups is 1. The number of carbonyl (C=O) groups excluding carboxylic acids is 1. The summed E-state index contributed by atoms with van der Waals surface area (Å²) in [6.45, 7) is 0. The van der Waals surface area contributed by atoms with Crippen molar-refractivity contribution in [2.45, 2.75) is 0 Å². The van der Waals surface area contributed by atoms with Gasteiger partial charge in [-0.2, -0.15) is 0 Å². The number of carboxylic acid groups (broad SMARTS) is 1. The number of methoxy groups -OCH3 is 1. The van der Waals surface area contributed by atoms with Crippen molar-refractivity contribution in [3.8, 4) is 0 Å². The van der Waals surface area contributed by atoms with Gasteiger partial charge in [0.25, 0.3) is 0 Å². The summed E-state index contributed by atoms with van der Waals surface area (Å²) in [6.07, 6.45) is 0. The molecule has 4 nitrogen and oxygen atoms in total. The van der Waals surface area contributed by atoms with E-state index in [9.17, 15) is 9.59 Å². The number of hydrogen-bond donors (Lipinski definition) is 1. The van der Waals surface area contributed by atoms with Gasteiger partial charge in [0.2, 0.25) is 0 Å². The number of carboxylic acids is 1. The van der Waals surface area contributed by atoms with Gasteiger partial charge in [0.1, 0.15) is 3.53 Å². The van der Waals surface area contributed by atoms with Gasteiger partial charge in [0, 0.05) is 0 Å². The molecule has 0 atom stereocenters. The van der Waals surface area contributed by atoms with Gasteiger partial charge in [-0.3, -0.25) is 9.59 Å². The molecule has 0 saturated heterocycles. The van der Waals surface area contributed by atoms with E-state index >= 15 is 0 Å². The first-order chi connectivity index (χ1) is 6.06. The Labute approximate surface area is 89.4 Å². The molecule has 0 aromatic rings. The molecule has 0 spiro atoms. The highest BCUT2D eigenvalue weighted by molar-refractivity contribution is 8.47. The number of hydrogen-bond acceptors (Lipinski definition) is 6. The standard InChI is InChI=1S/C6H8O4S3/c1-10-5(9)3-13-6(11)12-2-4(7)8/h2-3H2,1H3,(H,7,8). The number of ether oxygens (including phenoxy) is 1. The Bertz CT molecular complexity index is 216. The normalized spacial score (nSPS) is 9.31. The number of carbonyl (C=O) groups is 2. The number of aliphatic carboxylic acids is 1. The first kappa shape index (κ1) is 12.7. The van der Waals surface area contributed by atoms with Crippen LogP contribution in [0.4, 0.5) is 0 Å². The van der Waals surface area contributed by atoms with E-state index in [1.807, 2.05) is 0 Å². The van der Waals surface area contributed by atoms with Crippen molar-refractivity contribution >= 4 is 51.2 Å². The van der Waals surface area contributed by atoms with Gasteiger partial charge in [-0.25, -0.2) is 0 Å². The average molecular weight is 240 g/mol. The first-order valence-electron chi connectivity index (χ1n) is 3.14. The molecular weight excluding hydrogens is 232 g/mol. The van der Waals surface area contributed by atoms with Gasteiger partial charge in [-0.15, -0.1) is 0 Å². The molecule has 0 rings (SSSR count). The minimum absolute atomic E-state index is 0.0764. The lowest BCUT2D eigenvalue weighted by Crippen LogP contribution is -2.05. The van der Waals surface area contributed by atoms with Crippen LogP contribution in [0, 0.1) is 0 Å². The molecule has 0 heterocycles. The summed E-state index contributed by atoms with van der Waals surface area (Å²) in [5.74, 6) is -1.25. The van der Waals surface area contributed by atoms with Gasteiger partial charge in [-0.05, 0) is 0 Å². The Morgan fingerprint density at radius 1 is 1.38 bits per heavy atom. The van der Waals surface area contributed by atoms with E-state index in [4.69, 9.17) is 17.3 Å². The van der Waals surface area contributed by atoms with E-state index in [0.29, 0.717) is 3.53 Å². The summed E-state index contributed by atoms with van der Waals surface area (Å²) < 4.78 is 4.82. The third-order valence-corrected chi connectivity index (χ3v) is 3.51. The molecule has 0 aromatic carbocycles. The zero-order valence-corrected chi connectivity index (χ0v) is 9.26. The molecule has 0 radical (unpaired) electrons. The fraction of sp³-hybridized carbons (Fsp3) is 0.500. The summed E-state index contributed by atoms with van der Waals surface area (Å²) in [7, 11) is 1.29. The van der Waals surface area contributed by atoms with Crippen LogP contribution in [-0.4, -0.2) is 39.2 Å². The molecule has 0 aliphatic carbocycles. The second kappa shape index (κ2) is 7.16. The summed E-state index contributed by atoms with van der Waals surface area (Å²) in [5, 5.41) is 8.30. The van der Waals surface area contributed by atoms with Crippen molar-refractivity contribution < 1.29 is 19.4 Å². The van der Waals surface area contributed by atoms with Crippen LogP contribution in [0.1, 0.15) is 0 Å². The second-order valence-electron chi connectivity index (χ2n) is 1.80. The van der Waals surface area contributed by atoms with E-state index in [1.54, 1.807) is 0 Å². The highest BCUT2D eigenvalue weighted by atomic mass is 32.2. The van der Waals surface area contributed by atoms with Crippen molar-refractivity contribution in [2.75, 3.05) is 18.6 Å². The van der Waals surface area contributed by atoms with Gasteiger partial charge in [0.05, 0.1) is 18.6 Å². The predicted molar refractivity (Wildman–Crippen MR) is 57.2 cm³/mol. The topological polar surface area (TPSA) is 63.6 Å². The molecule has 0 amide bonds. The number of thioether (sulfide) groups is 2. The lowest BCUT2D eigenvalue weighted by molar-refractivity contribution is -0.137. The van der Waals surface area contributed by atoms with Gasteiger partial charge < -0.3 is 9.84 Å². The zero-order valence-electron chi connectivity index (χ0n) is 6.81. The van der Waals surface area contributed by atoms with Gasteiger partial charge in [0.15, 0.2) is 0 Å². The molecule has 1 N–H and O–H groups in total. The monoisotopic (exact) mass is 240 g/mol. The van der Waals surface area contributed by atoms with Gasteiger partial charge in [-0.1, -0.05) is 35.7 Å².